The molecule has 0 aliphatic heterocycles. The topological polar surface area (TPSA) is 133 Å². The van der Waals surface area contributed by atoms with Gasteiger partial charge in [-0.05, 0) is 12.1 Å². The van der Waals surface area contributed by atoms with E-state index in [9.17, 15) is 28.6 Å². The number of nitrogens with zero attached hydrogens (tertiary/aromatic N) is 3. The fourth-order valence-electron chi connectivity index (χ4n) is 2.06. The molecule has 0 saturated heterocycles. The van der Waals surface area contributed by atoms with Crippen LogP contribution in [0.1, 0.15) is 0 Å². The number of nitro benzene ring substituents is 2. The molecule has 3 aromatic rings. The first-order chi connectivity index (χ1) is 11.3. The average Bonchev–Trinajstić information content (AvgIpc) is 3.02. The van der Waals surface area contributed by atoms with Crippen LogP contribution in [0.3, 0.4) is 0 Å². The minimum atomic E-state index is -4.14. The highest BCUT2D eigenvalue weighted by molar-refractivity contribution is 7.91. The van der Waals surface area contributed by atoms with Crippen molar-refractivity contribution in [2.45, 2.75) is 9.79 Å². The minimum Gasteiger partial charge on any atom is -0.258 e. The SMILES string of the molecule is O=[N+]([O-])c1ccc(S(=O)(=O)c2cc([N+](=O)[O-])cc3s[c]nc23)cc1. The molecule has 0 saturated carbocycles. The van der Waals surface area contributed by atoms with Crippen molar-refractivity contribution >= 4 is 42.8 Å². The van der Waals surface area contributed by atoms with Gasteiger partial charge in [-0.1, -0.05) is 0 Å². The molecule has 24 heavy (non-hydrogen) atoms. The monoisotopic (exact) mass is 364 g/mol. The molecule has 3 rings (SSSR count). The molecule has 1 radical (unpaired) electrons. The lowest BCUT2D eigenvalue weighted by atomic mass is 10.3. The van der Waals surface area contributed by atoms with Crippen LogP contribution in [0.25, 0.3) is 10.2 Å². The number of rotatable bonds is 4. The summed E-state index contributed by atoms with van der Waals surface area (Å²) in [7, 11) is -4.14. The van der Waals surface area contributed by atoms with E-state index in [1.54, 1.807) is 0 Å². The van der Waals surface area contributed by atoms with Crippen LogP contribution in [-0.4, -0.2) is 23.2 Å². The largest absolute Gasteiger partial charge is 0.272 e. The van der Waals surface area contributed by atoms with Crippen molar-refractivity contribution in [3.05, 3.63) is 62.1 Å². The Morgan fingerprint density at radius 1 is 1.00 bits per heavy atom. The summed E-state index contributed by atoms with van der Waals surface area (Å²) < 4.78 is 25.8. The summed E-state index contributed by atoms with van der Waals surface area (Å²) in [6, 6.07) is 6.40. The highest BCUT2D eigenvalue weighted by Crippen LogP contribution is 2.33. The third-order valence-corrected chi connectivity index (χ3v) is 5.69. The molecule has 0 unspecified atom stereocenters. The third-order valence-electron chi connectivity index (χ3n) is 3.20. The van der Waals surface area contributed by atoms with E-state index in [-0.39, 0.29) is 26.7 Å². The quantitative estimate of drug-likeness (QED) is 0.513. The molecule has 0 amide bonds. The fraction of sp³-hybridized carbons (Fsp3) is 0. The van der Waals surface area contributed by atoms with Crippen LogP contribution in [0.15, 0.2) is 46.2 Å². The maximum absolute atomic E-state index is 12.8. The van der Waals surface area contributed by atoms with Crippen LogP contribution in [0.2, 0.25) is 0 Å². The molecule has 0 atom stereocenters. The lowest BCUT2D eigenvalue weighted by molar-refractivity contribution is -0.385. The van der Waals surface area contributed by atoms with E-state index in [2.05, 4.69) is 10.5 Å². The van der Waals surface area contributed by atoms with Crippen LogP contribution in [-0.2, 0) is 9.84 Å². The van der Waals surface area contributed by atoms with Crippen LogP contribution >= 0.6 is 11.3 Å². The number of thiazole rings is 1. The maximum Gasteiger partial charge on any atom is 0.272 e. The first-order valence-corrected chi connectivity index (χ1v) is 8.55. The number of sulfone groups is 1. The van der Waals surface area contributed by atoms with Crippen molar-refractivity contribution in [2.24, 2.45) is 0 Å². The number of fused-ring (bicyclic) bond motifs is 1. The van der Waals surface area contributed by atoms with Crippen molar-refractivity contribution in [1.29, 1.82) is 0 Å². The van der Waals surface area contributed by atoms with Gasteiger partial charge in [0.25, 0.3) is 11.4 Å². The Balaban J connectivity index is 2.22. The van der Waals surface area contributed by atoms with Gasteiger partial charge in [0.05, 0.1) is 19.4 Å². The molecule has 121 valence electrons. The molecule has 11 heteroatoms. The van der Waals surface area contributed by atoms with E-state index in [4.69, 9.17) is 0 Å². The van der Waals surface area contributed by atoms with Crippen molar-refractivity contribution < 1.29 is 18.3 Å². The summed E-state index contributed by atoms with van der Waals surface area (Å²) in [5.41, 5.74) is 1.93. The highest BCUT2D eigenvalue weighted by atomic mass is 32.2. The molecular formula is C13H6N3O6S2. The summed E-state index contributed by atoms with van der Waals surface area (Å²) in [6.45, 7) is 0. The lowest BCUT2D eigenvalue weighted by Crippen LogP contribution is -2.04. The Hall–Kier alpha value is -2.92. The standard InChI is InChI=1S/C13H6N3O6S2/c17-15(18)8-1-3-10(4-2-8)24(21,22)12-6-9(16(19)20)5-11-13(12)14-7-23-11/h1-6H. The van der Waals surface area contributed by atoms with E-state index in [1.165, 1.54) is 6.07 Å². The molecule has 0 aliphatic carbocycles. The Bertz CT molecular complexity index is 1070. The molecule has 2 aromatic carbocycles. The van der Waals surface area contributed by atoms with E-state index >= 15 is 0 Å². The number of aromatic nitrogens is 1. The molecule has 9 nitrogen and oxygen atoms in total. The van der Waals surface area contributed by atoms with Gasteiger partial charge in [0.15, 0.2) is 5.51 Å². The van der Waals surface area contributed by atoms with Crippen LogP contribution < -0.4 is 0 Å². The molecule has 0 aliphatic rings. The first-order valence-electron chi connectivity index (χ1n) is 6.25. The van der Waals surface area contributed by atoms with Gasteiger partial charge in [0, 0.05) is 24.3 Å². The molecule has 1 aromatic heterocycles. The van der Waals surface area contributed by atoms with E-state index < -0.39 is 19.7 Å². The van der Waals surface area contributed by atoms with Gasteiger partial charge in [0.2, 0.25) is 9.84 Å². The Labute approximate surface area is 138 Å². The van der Waals surface area contributed by atoms with Gasteiger partial charge >= 0.3 is 0 Å². The van der Waals surface area contributed by atoms with Crippen LogP contribution in [0, 0.1) is 25.7 Å². The van der Waals surface area contributed by atoms with Gasteiger partial charge < -0.3 is 0 Å². The van der Waals surface area contributed by atoms with Crippen LogP contribution in [0.5, 0.6) is 0 Å². The number of benzene rings is 2. The zero-order chi connectivity index (χ0) is 17.5. The molecule has 0 N–H and O–H groups in total. The Morgan fingerprint density at radius 2 is 1.62 bits per heavy atom. The number of hydrogen-bond donors (Lipinski definition) is 0. The van der Waals surface area contributed by atoms with Crippen molar-refractivity contribution in [3.63, 3.8) is 0 Å². The predicted molar refractivity (Wildman–Crippen MR) is 83.7 cm³/mol. The molecular weight excluding hydrogens is 358 g/mol. The number of hydrogen-bond acceptors (Lipinski definition) is 8. The van der Waals surface area contributed by atoms with Crippen molar-refractivity contribution in [3.8, 4) is 0 Å². The van der Waals surface area contributed by atoms with Gasteiger partial charge in [-0.15, -0.1) is 11.3 Å². The molecule has 0 fully saturated rings. The zero-order valence-electron chi connectivity index (χ0n) is 11.6. The number of nitro groups is 2. The summed E-state index contributed by atoms with van der Waals surface area (Å²) in [5.74, 6) is 0. The number of non-ortho nitro benzene ring substituents is 2. The average molecular weight is 364 g/mol. The van der Waals surface area contributed by atoms with Crippen molar-refractivity contribution in [2.75, 3.05) is 0 Å². The zero-order valence-corrected chi connectivity index (χ0v) is 13.2. The second-order valence-corrected chi connectivity index (χ2v) is 7.35. The van der Waals surface area contributed by atoms with E-state index in [0.29, 0.717) is 4.70 Å². The van der Waals surface area contributed by atoms with E-state index in [1.807, 2.05) is 0 Å². The normalized spacial score (nSPS) is 11.5. The van der Waals surface area contributed by atoms with Gasteiger partial charge in [-0.25, -0.2) is 13.4 Å². The minimum absolute atomic E-state index is 0.0731. The summed E-state index contributed by atoms with van der Waals surface area (Å²) >= 11 is 0.956. The smallest absolute Gasteiger partial charge is 0.258 e. The highest BCUT2D eigenvalue weighted by Gasteiger charge is 2.26. The molecule has 1 heterocycles. The Kier molecular flexibility index (Phi) is 3.73. The summed E-state index contributed by atoms with van der Waals surface area (Å²) in [5, 5.41) is 21.7. The maximum atomic E-state index is 12.8. The third kappa shape index (κ3) is 2.59. The van der Waals surface area contributed by atoms with Crippen LogP contribution in [0.4, 0.5) is 11.4 Å². The predicted octanol–water partition coefficient (Wildman–Crippen LogP) is 2.75. The fourth-order valence-corrected chi connectivity index (χ4v) is 4.22. The summed E-state index contributed by atoms with van der Waals surface area (Å²) in [4.78, 5) is 23.6. The van der Waals surface area contributed by atoms with E-state index in [0.717, 1.165) is 41.7 Å². The Morgan fingerprint density at radius 3 is 2.21 bits per heavy atom. The second kappa shape index (κ2) is 5.62. The lowest BCUT2D eigenvalue weighted by Gasteiger charge is -2.05. The second-order valence-electron chi connectivity index (χ2n) is 4.61. The van der Waals surface area contributed by atoms with Gasteiger partial charge in [-0.2, -0.15) is 0 Å². The molecule has 0 bridgehead atoms. The van der Waals surface area contributed by atoms with Gasteiger partial charge in [-0.3, -0.25) is 20.2 Å². The molecule has 0 spiro atoms. The first kappa shape index (κ1) is 16.0. The van der Waals surface area contributed by atoms with Crippen molar-refractivity contribution in [1.82, 2.24) is 4.98 Å². The van der Waals surface area contributed by atoms with Gasteiger partial charge in [0.1, 0.15) is 10.4 Å². The summed E-state index contributed by atoms with van der Waals surface area (Å²) in [6.07, 6.45) is 0.